The minimum absolute atomic E-state index is 0.0885. The smallest absolute Gasteiger partial charge is 0.307 e. The first kappa shape index (κ1) is 11.6. The van der Waals surface area contributed by atoms with Crippen molar-refractivity contribution in [3.63, 3.8) is 0 Å². The average molecular weight is 330 g/mol. The van der Waals surface area contributed by atoms with Crippen LogP contribution in [-0.4, -0.2) is 11.1 Å². The Morgan fingerprint density at radius 1 is 1.36 bits per heavy atom. The summed E-state index contributed by atoms with van der Waals surface area (Å²) in [6, 6.07) is 1.23. The maximum atomic E-state index is 13.1. The Balaban J connectivity index is 3.25. The van der Waals surface area contributed by atoms with Gasteiger partial charge in [0.05, 0.1) is 15.4 Å². The fraction of sp³-hybridized carbons (Fsp3) is 0.125. The molecule has 0 heterocycles. The van der Waals surface area contributed by atoms with Crippen molar-refractivity contribution in [2.24, 2.45) is 0 Å². The zero-order valence-corrected chi connectivity index (χ0v) is 9.82. The van der Waals surface area contributed by atoms with Crippen LogP contribution in [0.15, 0.2) is 15.0 Å². The van der Waals surface area contributed by atoms with Crippen molar-refractivity contribution in [2.75, 3.05) is 0 Å². The molecule has 1 aromatic rings. The lowest BCUT2D eigenvalue weighted by molar-refractivity contribution is -0.136. The molecular weight excluding hydrogens is 326 g/mol. The van der Waals surface area contributed by atoms with E-state index in [1.54, 1.807) is 0 Å². The monoisotopic (exact) mass is 328 g/mol. The van der Waals surface area contributed by atoms with Crippen LogP contribution in [0.4, 0.5) is 8.78 Å². The lowest BCUT2D eigenvalue weighted by Gasteiger charge is -2.05. The Morgan fingerprint density at radius 2 is 1.93 bits per heavy atom. The summed E-state index contributed by atoms with van der Waals surface area (Å²) < 4.78 is 25.7. The van der Waals surface area contributed by atoms with Gasteiger partial charge in [-0.25, -0.2) is 8.78 Å². The third-order valence-corrected chi connectivity index (χ3v) is 2.95. The van der Waals surface area contributed by atoms with Crippen molar-refractivity contribution in [1.29, 1.82) is 0 Å². The first-order chi connectivity index (χ1) is 6.43. The normalized spacial score (nSPS) is 10.3. The Morgan fingerprint density at radius 3 is 2.43 bits per heavy atom. The second kappa shape index (κ2) is 4.35. The van der Waals surface area contributed by atoms with E-state index < -0.39 is 17.6 Å². The molecular formula is C8H4Br2F2O2. The van der Waals surface area contributed by atoms with E-state index in [1.165, 1.54) is 6.07 Å². The molecule has 76 valence electrons. The van der Waals surface area contributed by atoms with E-state index >= 15 is 0 Å². The molecule has 1 N–H and O–H groups in total. The number of carbonyl (C=O) groups is 1. The Hall–Kier alpha value is -0.490. The molecule has 0 saturated heterocycles. The van der Waals surface area contributed by atoms with Crippen LogP contribution < -0.4 is 0 Å². The Kier molecular flexibility index (Phi) is 3.60. The van der Waals surface area contributed by atoms with E-state index in [2.05, 4.69) is 31.9 Å². The molecule has 0 spiro atoms. The van der Waals surface area contributed by atoms with Gasteiger partial charge in [-0.2, -0.15) is 0 Å². The summed E-state index contributed by atoms with van der Waals surface area (Å²) in [5.74, 6) is -3.23. The van der Waals surface area contributed by atoms with Crippen molar-refractivity contribution >= 4 is 37.8 Å². The third kappa shape index (κ3) is 2.30. The first-order valence-corrected chi connectivity index (χ1v) is 5.05. The van der Waals surface area contributed by atoms with E-state index in [4.69, 9.17) is 5.11 Å². The second-order valence-corrected chi connectivity index (χ2v) is 4.18. The molecule has 14 heavy (non-hydrogen) atoms. The van der Waals surface area contributed by atoms with Crippen LogP contribution >= 0.6 is 31.9 Å². The van der Waals surface area contributed by atoms with E-state index in [1.807, 2.05) is 0 Å². The number of hydrogen-bond acceptors (Lipinski definition) is 1. The Bertz CT molecular complexity index is 393. The quantitative estimate of drug-likeness (QED) is 0.668. The van der Waals surface area contributed by atoms with E-state index in [9.17, 15) is 13.6 Å². The maximum Gasteiger partial charge on any atom is 0.307 e. The maximum absolute atomic E-state index is 13.1. The van der Waals surface area contributed by atoms with Gasteiger partial charge in [0.15, 0.2) is 11.6 Å². The van der Waals surface area contributed by atoms with Gasteiger partial charge in [0.25, 0.3) is 0 Å². The number of aliphatic carboxylic acids is 1. The highest BCUT2D eigenvalue weighted by Gasteiger charge is 2.16. The van der Waals surface area contributed by atoms with Crippen molar-refractivity contribution in [2.45, 2.75) is 6.42 Å². The number of carboxylic acids is 1. The van der Waals surface area contributed by atoms with Gasteiger partial charge in [-0.3, -0.25) is 4.79 Å². The molecule has 0 saturated carbocycles. The van der Waals surface area contributed by atoms with Crippen molar-refractivity contribution in [1.82, 2.24) is 0 Å². The van der Waals surface area contributed by atoms with Gasteiger partial charge >= 0.3 is 5.97 Å². The first-order valence-electron chi connectivity index (χ1n) is 3.47. The summed E-state index contributed by atoms with van der Waals surface area (Å²) in [4.78, 5) is 10.4. The molecule has 2 nitrogen and oxygen atoms in total. The number of hydrogen-bond donors (Lipinski definition) is 1. The molecule has 1 aromatic carbocycles. The van der Waals surface area contributed by atoms with Gasteiger partial charge in [0, 0.05) is 0 Å². The summed E-state index contributed by atoms with van der Waals surface area (Å²) in [5.41, 5.74) is 0.184. The summed E-state index contributed by atoms with van der Waals surface area (Å²) in [6.07, 6.45) is -0.365. The molecule has 0 amide bonds. The fourth-order valence-corrected chi connectivity index (χ4v) is 1.79. The minimum Gasteiger partial charge on any atom is -0.481 e. The molecule has 0 radical (unpaired) electrons. The van der Waals surface area contributed by atoms with Gasteiger partial charge < -0.3 is 5.11 Å². The van der Waals surface area contributed by atoms with Crippen LogP contribution in [0.25, 0.3) is 0 Å². The predicted molar refractivity (Wildman–Crippen MR) is 53.1 cm³/mol. The highest BCUT2D eigenvalue weighted by Crippen LogP contribution is 2.29. The molecule has 0 atom stereocenters. The van der Waals surface area contributed by atoms with Crippen LogP contribution in [0.5, 0.6) is 0 Å². The highest BCUT2D eigenvalue weighted by molar-refractivity contribution is 9.11. The number of halogens is 4. The van der Waals surface area contributed by atoms with Crippen LogP contribution in [0.1, 0.15) is 5.56 Å². The third-order valence-electron chi connectivity index (χ3n) is 1.52. The second-order valence-electron chi connectivity index (χ2n) is 2.53. The van der Waals surface area contributed by atoms with Gasteiger partial charge in [-0.05, 0) is 43.5 Å². The molecule has 0 aliphatic rings. The molecule has 0 unspecified atom stereocenters. The molecule has 6 heteroatoms. The number of carboxylic acid groups (broad SMARTS) is 1. The van der Waals surface area contributed by atoms with Crippen LogP contribution in [-0.2, 0) is 11.2 Å². The van der Waals surface area contributed by atoms with E-state index in [0.717, 1.165) is 0 Å². The molecule has 0 aliphatic heterocycles. The molecule has 1 rings (SSSR count). The zero-order chi connectivity index (χ0) is 10.9. The predicted octanol–water partition coefficient (Wildman–Crippen LogP) is 3.12. The standard InChI is InChI=1S/C8H4Br2F2O2/c9-4-1-3(2-5(13)14)6(10)8(12)7(4)11/h1H,2H2,(H,13,14). The van der Waals surface area contributed by atoms with Crippen molar-refractivity contribution in [3.8, 4) is 0 Å². The lowest BCUT2D eigenvalue weighted by Crippen LogP contribution is -2.03. The molecule has 0 bridgehead atoms. The Labute approximate surface area is 95.2 Å². The highest BCUT2D eigenvalue weighted by atomic mass is 79.9. The lowest BCUT2D eigenvalue weighted by atomic mass is 10.1. The van der Waals surface area contributed by atoms with Crippen LogP contribution in [0.3, 0.4) is 0 Å². The zero-order valence-electron chi connectivity index (χ0n) is 6.65. The SMILES string of the molecule is O=C(O)Cc1cc(Br)c(F)c(F)c1Br. The molecule has 0 fully saturated rings. The summed E-state index contributed by atoms with van der Waals surface area (Å²) in [5, 5.41) is 8.49. The number of benzene rings is 1. The molecule has 0 aromatic heterocycles. The van der Waals surface area contributed by atoms with Crippen molar-refractivity contribution in [3.05, 3.63) is 32.2 Å². The van der Waals surface area contributed by atoms with E-state index in [-0.39, 0.29) is 20.9 Å². The summed E-state index contributed by atoms with van der Waals surface area (Å²) in [7, 11) is 0. The average Bonchev–Trinajstić information content (AvgIpc) is 2.10. The van der Waals surface area contributed by atoms with Gasteiger partial charge in [-0.15, -0.1) is 0 Å². The topological polar surface area (TPSA) is 37.3 Å². The van der Waals surface area contributed by atoms with E-state index in [0.29, 0.717) is 0 Å². The van der Waals surface area contributed by atoms with Gasteiger partial charge in [0.2, 0.25) is 0 Å². The minimum atomic E-state index is -1.11. The van der Waals surface area contributed by atoms with Gasteiger partial charge in [-0.1, -0.05) is 0 Å². The summed E-state index contributed by atoms with van der Waals surface area (Å²) in [6.45, 7) is 0. The fourth-order valence-electron chi connectivity index (χ4n) is 0.913. The number of rotatable bonds is 2. The molecule has 0 aliphatic carbocycles. The van der Waals surface area contributed by atoms with Crippen molar-refractivity contribution < 1.29 is 18.7 Å². The van der Waals surface area contributed by atoms with Gasteiger partial charge in [0.1, 0.15) is 0 Å². The van der Waals surface area contributed by atoms with Crippen LogP contribution in [0.2, 0.25) is 0 Å². The van der Waals surface area contributed by atoms with Crippen LogP contribution in [0, 0.1) is 11.6 Å². The largest absolute Gasteiger partial charge is 0.481 e. The summed E-state index contributed by atoms with van der Waals surface area (Å²) >= 11 is 5.59.